The molecule has 2 nitrogen and oxygen atoms in total. The van der Waals surface area contributed by atoms with Gasteiger partial charge in [0.05, 0.1) is 11.1 Å². The van der Waals surface area contributed by atoms with Crippen LogP contribution in [0.25, 0.3) is 0 Å². The van der Waals surface area contributed by atoms with Gasteiger partial charge in [-0.05, 0) is 46.6 Å². The Bertz CT molecular complexity index is 338. The second-order valence-corrected chi connectivity index (χ2v) is 4.81. The van der Waals surface area contributed by atoms with E-state index in [-0.39, 0.29) is 5.82 Å². The molecule has 0 aromatic heterocycles. The fourth-order valence-corrected chi connectivity index (χ4v) is 1.87. The number of benzene rings is 1. The largest absolute Gasteiger partial charge is 0.380 e. The SMILES string of the molecule is Fc1ccc(CNCCCOCCCl)cc1Br. The second kappa shape index (κ2) is 8.86. The van der Waals surface area contributed by atoms with Gasteiger partial charge in [0.15, 0.2) is 0 Å². The number of hydrogen-bond donors (Lipinski definition) is 1. The first-order valence-corrected chi connectivity index (χ1v) is 6.85. The highest BCUT2D eigenvalue weighted by molar-refractivity contribution is 9.10. The van der Waals surface area contributed by atoms with Gasteiger partial charge in [-0.25, -0.2) is 4.39 Å². The number of hydrogen-bond acceptors (Lipinski definition) is 2. The van der Waals surface area contributed by atoms with Crippen molar-refractivity contribution in [1.82, 2.24) is 5.32 Å². The van der Waals surface area contributed by atoms with Crippen LogP contribution in [0.3, 0.4) is 0 Å². The number of alkyl halides is 1. The summed E-state index contributed by atoms with van der Waals surface area (Å²) in [6.45, 7) is 2.92. The zero-order valence-corrected chi connectivity index (χ0v) is 11.9. The van der Waals surface area contributed by atoms with Crippen molar-refractivity contribution in [1.29, 1.82) is 0 Å². The zero-order valence-electron chi connectivity index (χ0n) is 9.52. The van der Waals surface area contributed by atoms with Crippen LogP contribution in [0.4, 0.5) is 4.39 Å². The first kappa shape index (κ1) is 14.9. The quantitative estimate of drug-likeness (QED) is 0.585. The van der Waals surface area contributed by atoms with Crippen LogP contribution >= 0.6 is 27.5 Å². The van der Waals surface area contributed by atoms with Gasteiger partial charge in [-0.3, -0.25) is 0 Å². The van der Waals surface area contributed by atoms with E-state index in [0.717, 1.165) is 25.1 Å². The zero-order chi connectivity index (χ0) is 12.5. The molecule has 0 heterocycles. The molecule has 96 valence electrons. The molecule has 0 saturated heterocycles. The van der Waals surface area contributed by atoms with Crippen molar-refractivity contribution in [2.75, 3.05) is 25.6 Å². The van der Waals surface area contributed by atoms with E-state index >= 15 is 0 Å². The lowest BCUT2D eigenvalue weighted by Gasteiger charge is -2.06. The summed E-state index contributed by atoms with van der Waals surface area (Å²) in [5.41, 5.74) is 1.06. The third kappa shape index (κ3) is 6.36. The molecule has 1 rings (SSSR count). The van der Waals surface area contributed by atoms with Gasteiger partial charge in [0.2, 0.25) is 0 Å². The third-order valence-corrected chi connectivity index (χ3v) is 2.94. The fourth-order valence-electron chi connectivity index (χ4n) is 1.34. The Morgan fingerprint density at radius 3 is 2.88 bits per heavy atom. The van der Waals surface area contributed by atoms with Crippen molar-refractivity contribution in [3.05, 3.63) is 34.1 Å². The van der Waals surface area contributed by atoms with E-state index in [1.807, 2.05) is 0 Å². The first-order valence-electron chi connectivity index (χ1n) is 5.52. The van der Waals surface area contributed by atoms with Crippen LogP contribution in [0.15, 0.2) is 22.7 Å². The van der Waals surface area contributed by atoms with E-state index in [9.17, 15) is 4.39 Å². The van der Waals surface area contributed by atoms with Gasteiger partial charge in [-0.15, -0.1) is 11.6 Å². The van der Waals surface area contributed by atoms with Gasteiger partial charge in [0, 0.05) is 19.0 Å². The molecule has 1 N–H and O–H groups in total. The van der Waals surface area contributed by atoms with Crippen molar-refractivity contribution in [3.63, 3.8) is 0 Å². The first-order chi connectivity index (χ1) is 8.24. The van der Waals surface area contributed by atoms with Crippen LogP contribution in [0.1, 0.15) is 12.0 Å². The number of rotatable bonds is 8. The summed E-state index contributed by atoms with van der Waals surface area (Å²) in [6.07, 6.45) is 0.944. The fraction of sp³-hybridized carbons (Fsp3) is 0.500. The molecule has 17 heavy (non-hydrogen) atoms. The van der Waals surface area contributed by atoms with Crippen molar-refractivity contribution in [2.24, 2.45) is 0 Å². The van der Waals surface area contributed by atoms with E-state index in [1.54, 1.807) is 12.1 Å². The summed E-state index contributed by atoms with van der Waals surface area (Å²) in [7, 11) is 0. The molecule has 1 aromatic rings. The van der Waals surface area contributed by atoms with Crippen molar-refractivity contribution < 1.29 is 9.13 Å². The van der Waals surface area contributed by atoms with Gasteiger partial charge >= 0.3 is 0 Å². The summed E-state index contributed by atoms with van der Waals surface area (Å²) in [5.74, 6) is 0.306. The maximum absolute atomic E-state index is 13.0. The number of nitrogens with one attached hydrogen (secondary N) is 1. The van der Waals surface area contributed by atoms with E-state index in [2.05, 4.69) is 21.2 Å². The highest BCUT2D eigenvalue weighted by Gasteiger charge is 1.99. The minimum atomic E-state index is -0.233. The van der Waals surface area contributed by atoms with E-state index in [1.165, 1.54) is 6.07 Å². The molecule has 0 saturated carbocycles. The van der Waals surface area contributed by atoms with Gasteiger partial charge < -0.3 is 10.1 Å². The van der Waals surface area contributed by atoms with Crippen LogP contribution in [0, 0.1) is 5.82 Å². The molecule has 0 spiro atoms. The Balaban J connectivity index is 2.11. The molecule has 0 fully saturated rings. The van der Waals surface area contributed by atoms with Gasteiger partial charge in [-0.2, -0.15) is 0 Å². The molecule has 1 aromatic carbocycles. The van der Waals surface area contributed by atoms with Crippen LogP contribution in [0.2, 0.25) is 0 Å². The number of ether oxygens (including phenoxy) is 1. The van der Waals surface area contributed by atoms with Crippen molar-refractivity contribution in [3.8, 4) is 0 Å². The van der Waals surface area contributed by atoms with Gasteiger partial charge in [0.25, 0.3) is 0 Å². The summed E-state index contributed by atoms with van der Waals surface area (Å²) in [4.78, 5) is 0. The topological polar surface area (TPSA) is 21.3 Å². The third-order valence-electron chi connectivity index (χ3n) is 2.18. The Hall–Kier alpha value is -0.160. The maximum Gasteiger partial charge on any atom is 0.137 e. The Labute approximate surface area is 115 Å². The molecule has 0 atom stereocenters. The average Bonchev–Trinajstić information content (AvgIpc) is 2.32. The standard InChI is InChI=1S/C12H16BrClFNO/c13-11-8-10(2-3-12(11)15)9-16-5-1-6-17-7-4-14/h2-3,8,16H,1,4-7,9H2. The molecule has 0 aliphatic rings. The van der Waals surface area contributed by atoms with Gasteiger partial charge in [0.1, 0.15) is 5.82 Å². The summed E-state index contributed by atoms with van der Waals surface area (Å²) >= 11 is 8.64. The Kier molecular flexibility index (Phi) is 7.77. The summed E-state index contributed by atoms with van der Waals surface area (Å²) in [5, 5.41) is 3.27. The predicted octanol–water partition coefficient (Wildman–Crippen LogP) is 3.32. The molecule has 0 amide bonds. The predicted molar refractivity (Wildman–Crippen MR) is 72.0 cm³/mol. The number of halogens is 3. The molecule has 0 aliphatic heterocycles. The van der Waals surface area contributed by atoms with Crippen LogP contribution in [-0.4, -0.2) is 25.6 Å². The summed E-state index contributed by atoms with van der Waals surface area (Å²) < 4.78 is 18.7. The van der Waals surface area contributed by atoms with Crippen LogP contribution in [-0.2, 0) is 11.3 Å². The van der Waals surface area contributed by atoms with E-state index < -0.39 is 0 Å². The van der Waals surface area contributed by atoms with Crippen molar-refractivity contribution in [2.45, 2.75) is 13.0 Å². The highest BCUT2D eigenvalue weighted by Crippen LogP contribution is 2.16. The minimum Gasteiger partial charge on any atom is -0.380 e. The molecular formula is C12H16BrClFNO. The minimum absolute atomic E-state index is 0.233. The highest BCUT2D eigenvalue weighted by atomic mass is 79.9. The summed E-state index contributed by atoms with van der Waals surface area (Å²) in [6, 6.07) is 5.02. The maximum atomic E-state index is 13.0. The van der Waals surface area contributed by atoms with Gasteiger partial charge in [-0.1, -0.05) is 6.07 Å². The molecule has 0 aliphatic carbocycles. The lowest BCUT2D eigenvalue weighted by Crippen LogP contribution is -2.16. The Morgan fingerprint density at radius 1 is 1.35 bits per heavy atom. The monoisotopic (exact) mass is 323 g/mol. The molecule has 5 heteroatoms. The normalized spacial score (nSPS) is 10.8. The lowest BCUT2D eigenvalue weighted by molar-refractivity contribution is 0.146. The molecular weight excluding hydrogens is 308 g/mol. The van der Waals surface area contributed by atoms with E-state index in [0.29, 0.717) is 23.6 Å². The molecule has 0 unspecified atom stereocenters. The van der Waals surface area contributed by atoms with Crippen LogP contribution in [0.5, 0.6) is 0 Å². The second-order valence-electron chi connectivity index (χ2n) is 3.58. The van der Waals surface area contributed by atoms with E-state index in [4.69, 9.17) is 16.3 Å². The smallest absolute Gasteiger partial charge is 0.137 e. The molecule has 0 bridgehead atoms. The average molecular weight is 325 g/mol. The lowest BCUT2D eigenvalue weighted by atomic mass is 10.2. The molecule has 0 radical (unpaired) electrons. The van der Waals surface area contributed by atoms with Crippen LogP contribution < -0.4 is 5.32 Å². The Morgan fingerprint density at radius 2 is 2.18 bits per heavy atom. The van der Waals surface area contributed by atoms with Crippen molar-refractivity contribution >= 4 is 27.5 Å².